The zero-order chi connectivity index (χ0) is 30.2. The average Bonchev–Trinajstić information content (AvgIpc) is 3.24. The summed E-state index contributed by atoms with van der Waals surface area (Å²) in [5, 5.41) is 8.86. The highest BCUT2D eigenvalue weighted by Crippen LogP contribution is 2.43. The first kappa shape index (κ1) is 38.3. The normalized spacial score (nSPS) is 19.7. The first-order chi connectivity index (χ1) is 18.2. The maximum absolute atomic E-state index is 12.4. The highest BCUT2D eigenvalue weighted by molar-refractivity contribution is 9.11. The van der Waals surface area contributed by atoms with Crippen molar-refractivity contribution >= 4 is 59.7 Å². The zero-order valence-electron chi connectivity index (χ0n) is 23.5. The summed E-state index contributed by atoms with van der Waals surface area (Å²) in [5.74, 6) is 0. The number of benzene rings is 1. The molecule has 0 saturated carbocycles. The predicted molar refractivity (Wildman–Crippen MR) is 178 cm³/mol. The lowest BCUT2D eigenvalue weighted by molar-refractivity contribution is 0.161. The summed E-state index contributed by atoms with van der Waals surface area (Å²) < 4.78 is 40.3. The molecule has 0 aliphatic carbocycles. The molecule has 1 aromatic carbocycles. The van der Waals surface area contributed by atoms with Gasteiger partial charge in [0.15, 0.2) is 11.0 Å². The second-order valence-corrected chi connectivity index (χ2v) is 14.1. The molecule has 0 radical (unpaired) electrons. The SMILES string of the molecule is C/C=C/C(F)(F)P.C=CC(=C)NS(=O)C1=CC(Br)=CC(Sc2c(C)cccc2C)S1.CC.CN1CC[C@@H](O)C1. The van der Waals surface area contributed by atoms with Crippen LogP contribution in [0.5, 0.6) is 0 Å². The number of hydrogen-bond acceptors (Lipinski definition) is 5. The Morgan fingerprint density at radius 1 is 1.36 bits per heavy atom. The summed E-state index contributed by atoms with van der Waals surface area (Å²) in [7, 11) is 2.11. The minimum Gasteiger partial charge on any atom is -0.392 e. The number of halogens is 3. The van der Waals surface area contributed by atoms with Crippen molar-refractivity contribution in [3.8, 4) is 0 Å². The number of likely N-dealkylation sites (tertiary alicyclic amines) is 1. The molecule has 1 saturated heterocycles. The molecule has 4 nitrogen and oxygen atoms in total. The van der Waals surface area contributed by atoms with Crippen LogP contribution in [0.3, 0.4) is 0 Å². The van der Waals surface area contributed by atoms with Crippen molar-refractivity contribution in [1.29, 1.82) is 0 Å². The fraction of sp³-hybridized carbons (Fsp3) is 0.429. The second kappa shape index (κ2) is 20.2. The van der Waals surface area contributed by atoms with Gasteiger partial charge in [-0.25, -0.2) is 4.21 Å². The Balaban J connectivity index is 0.000000735. The van der Waals surface area contributed by atoms with Crippen LogP contribution in [0, 0.1) is 13.8 Å². The predicted octanol–water partition coefficient (Wildman–Crippen LogP) is 8.28. The molecule has 220 valence electrons. The van der Waals surface area contributed by atoms with Crippen molar-refractivity contribution in [3.05, 3.63) is 87.3 Å². The highest BCUT2D eigenvalue weighted by atomic mass is 79.9. The molecular formula is C28H42BrF2N2O2PS3. The number of aryl methyl sites for hydroxylation is 2. The van der Waals surface area contributed by atoms with Crippen molar-refractivity contribution in [2.75, 3.05) is 20.1 Å². The lowest BCUT2D eigenvalue weighted by Crippen LogP contribution is -2.17. The number of likely N-dealkylation sites (N-methyl/N-ethyl adjacent to an activating group) is 1. The van der Waals surface area contributed by atoms with Crippen LogP contribution in [0.25, 0.3) is 0 Å². The number of aliphatic hydroxyl groups excluding tert-OH is 1. The van der Waals surface area contributed by atoms with Crippen molar-refractivity contribution in [2.45, 2.75) is 62.3 Å². The standard InChI is InChI=1S/C17H18BrNOS3.C5H11NO.C4H7F2P.C2H6/c1-5-13(4)19-23(20)16-10-14(18)9-15(21-16)22-17-11(2)7-6-8-12(17)3;1-6-3-2-5(7)4-6;1-2-3-4(5,6)7;1-2/h5-10,15,19H,1,4H2,2-3H3;5,7H,2-4H2,1H3;2-3H,7H2,1H3;1-2H3/b;;3-2+;/t;5-;;/m.1../s1. The first-order valence-corrected chi connectivity index (χ1v) is 16.7. The smallest absolute Gasteiger partial charge is 0.277 e. The van der Waals surface area contributed by atoms with Crippen LogP contribution >= 0.6 is 48.7 Å². The number of alkyl halides is 2. The maximum atomic E-state index is 12.4. The van der Waals surface area contributed by atoms with Gasteiger partial charge in [-0.15, -0.1) is 11.8 Å². The van der Waals surface area contributed by atoms with Crippen molar-refractivity contribution in [3.63, 3.8) is 0 Å². The van der Waals surface area contributed by atoms with Crippen LogP contribution in [0.2, 0.25) is 0 Å². The minimum absolute atomic E-state index is 0.0509. The lowest BCUT2D eigenvalue weighted by Gasteiger charge is -2.21. The van der Waals surface area contributed by atoms with Crippen LogP contribution in [0.15, 0.2) is 81.0 Å². The maximum Gasteiger partial charge on any atom is 0.277 e. The molecule has 4 atom stereocenters. The van der Waals surface area contributed by atoms with E-state index in [1.807, 2.05) is 27.0 Å². The van der Waals surface area contributed by atoms with Crippen molar-refractivity contribution in [2.24, 2.45) is 0 Å². The van der Waals surface area contributed by atoms with Crippen LogP contribution in [0.1, 0.15) is 38.3 Å². The average molecular weight is 684 g/mol. The third kappa shape index (κ3) is 17.0. The molecule has 2 aliphatic heterocycles. The Morgan fingerprint density at radius 3 is 2.33 bits per heavy atom. The van der Waals surface area contributed by atoms with Gasteiger partial charge in [-0.3, -0.25) is 0 Å². The first-order valence-electron chi connectivity index (χ1n) is 12.4. The molecule has 1 fully saturated rings. The molecular weight excluding hydrogens is 641 g/mol. The van der Waals surface area contributed by atoms with E-state index in [0.29, 0.717) is 5.70 Å². The number of thioether (sulfide) groups is 2. The molecule has 11 heteroatoms. The number of aliphatic hydroxyl groups is 1. The van der Waals surface area contributed by atoms with Gasteiger partial charge in [0.05, 0.1) is 14.9 Å². The molecule has 2 heterocycles. The van der Waals surface area contributed by atoms with Crippen LogP contribution in [0.4, 0.5) is 8.78 Å². The van der Waals surface area contributed by atoms with Gasteiger partial charge in [-0.05, 0) is 69.7 Å². The Labute approximate surface area is 255 Å². The van der Waals surface area contributed by atoms with Gasteiger partial charge >= 0.3 is 0 Å². The van der Waals surface area contributed by atoms with E-state index in [9.17, 15) is 13.0 Å². The molecule has 39 heavy (non-hydrogen) atoms. The molecule has 2 N–H and O–H groups in total. The fourth-order valence-electron chi connectivity index (χ4n) is 3.07. The van der Waals surface area contributed by atoms with Crippen molar-refractivity contribution < 1.29 is 18.1 Å². The molecule has 2 aliphatic rings. The van der Waals surface area contributed by atoms with E-state index >= 15 is 0 Å². The summed E-state index contributed by atoms with van der Waals surface area (Å²) in [4.78, 5) is 3.40. The number of β-amino-alcohol motifs (C(OH)–C–C–N with tert-alkyl or cyclic N) is 1. The summed E-state index contributed by atoms with van der Waals surface area (Å²) in [6.45, 7) is 19.1. The molecule has 3 unspecified atom stereocenters. The van der Waals surface area contributed by atoms with Gasteiger partial charge < -0.3 is 14.7 Å². The molecule has 0 spiro atoms. The third-order valence-electron chi connectivity index (χ3n) is 4.83. The van der Waals surface area contributed by atoms with Crippen LogP contribution in [-0.2, 0) is 11.0 Å². The number of allylic oxidation sites excluding steroid dienone is 5. The molecule has 0 amide bonds. The Bertz CT molecular complexity index is 1020. The number of nitrogens with zero attached hydrogens (tertiary/aromatic N) is 1. The Hall–Kier alpha value is -0.740. The van der Waals surface area contributed by atoms with Crippen LogP contribution in [-0.4, -0.2) is 50.7 Å². The Kier molecular flexibility index (Phi) is 19.8. The van der Waals surface area contributed by atoms with Gasteiger partial charge in [0.2, 0.25) is 0 Å². The van der Waals surface area contributed by atoms with Gasteiger partial charge in [0, 0.05) is 28.2 Å². The van der Waals surface area contributed by atoms with Gasteiger partial charge in [0.1, 0.15) is 0 Å². The van der Waals surface area contributed by atoms with E-state index in [1.54, 1.807) is 36.5 Å². The third-order valence-corrected chi connectivity index (χ3v) is 9.74. The number of hydrogen-bond donors (Lipinski definition) is 2. The summed E-state index contributed by atoms with van der Waals surface area (Å²) in [6, 6.07) is 6.30. The lowest BCUT2D eigenvalue weighted by atomic mass is 10.2. The summed E-state index contributed by atoms with van der Waals surface area (Å²) in [5.41, 5.74) is 0.356. The van der Waals surface area contributed by atoms with E-state index in [1.165, 1.54) is 31.3 Å². The topological polar surface area (TPSA) is 52.6 Å². The van der Waals surface area contributed by atoms with E-state index in [0.717, 1.165) is 34.3 Å². The van der Waals surface area contributed by atoms with E-state index in [2.05, 4.69) is 76.8 Å². The second-order valence-electron chi connectivity index (χ2n) is 8.32. The van der Waals surface area contributed by atoms with Gasteiger partial charge in [-0.2, -0.15) is 8.78 Å². The monoisotopic (exact) mass is 682 g/mol. The van der Waals surface area contributed by atoms with E-state index < -0.39 is 16.6 Å². The quantitative estimate of drug-likeness (QED) is 0.172. The van der Waals surface area contributed by atoms with Gasteiger partial charge in [-0.1, -0.05) is 88.2 Å². The van der Waals surface area contributed by atoms with Crippen molar-refractivity contribution in [1.82, 2.24) is 9.62 Å². The van der Waals surface area contributed by atoms with E-state index in [-0.39, 0.29) is 10.7 Å². The highest BCUT2D eigenvalue weighted by Gasteiger charge is 2.22. The largest absolute Gasteiger partial charge is 0.392 e. The minimum atomic E-state index is -2.71. The molecule has 0 aromatic heterocycles. The van der Waals surface area contributed by atoms with E-state index in [4.69, 9.17) is 5.11 Å². The molecule has 3 rings (SSSR count). The number of nitrogens with one attached hydrogen (secondary N) is 1. The van der Waals surface area contributed by atoms with Gasteiger partial charge in [0.25, 0.3) is 5.66 Å². The molecule has 0 bridgehead atoms. The Morgan fingerprint density at radius 2 is 1.95 bits per heavy atom. The number of rotatable bonds is 7. The van der Waals surface area contributed by atoms with Crippen LogP contribution < -0.4 is 4.72 Å². The summed E-state index contributed by atoms with van der Waals surface area (Å²) >= 11 is 6.89. The zero-order valence-corrected chi connectivity index (χ0v) is 28.7. The molecule has 1 aromatic rings. The fourth-order valence-corrected chi connectivity index (χ4v) is 8.42. The summed E-state index contributed by atoms with van der Waals surface area (Å²) in [6.07, 6.45) is 8.60.